The molecule has 116 valence electrons. The van der Waals surface area contributed by atoms with Gasteiger partial charge in [0.1, 0.15) is 17.7 Å². The monoisotopic (exact) mass is 355 g/mol. The van der Waals surface area contributed by atoms with E-state index in [1.54, 1.807) is 12.1 Å². The van der Waals surface area contributed by atoms with Crippen molar-refractivity contribution in [2.75, 3.05) is 6.54 Å². The lowest BCUT2D eigenvalue weighted by atomic mass is 9.60. The molecule has 2 atom stereocenters. The first-order chi connectivity index (χ1) is 10.2. The van der Waals surface area contributed by atoms with Crippen LogP contribution in [0.5, 0.6) is 5.75 Å². The van der Waals surface area contributed by atoms with Crippen LogP contribution < -0.4 is 10.1 Å². The Morgan fingerprint density at radius 2 is 2.14 bits per heavy atom. The molecule has 1 spiro atoms. The summed E-state index contributed by atoms with van der Waals surface area (Å²) >= 11 is 3.23. The molecule has 3 rings (SSSR count). The highest BCUT2D eigenvalue weighted by Crippen LogP contribution is 2.54. The number of hydrogen-bond acceptors (Lipinski definition) is 2. The summed E-state index contributed by atoms with van der Waals surface area (Å²) in [5.41, 5.74) is 0.302. The maximum absolute atomic E-state index is 13.3. The third-order valence-corrected chi connectivity index (χ3v) is 5.74. The van der Waals surface area contributed by atoms with Gasteiger partial charge in [-0.3, -0.25) is 0 Å². The zero-order valence-corrected chi connectivity index (χ0v) is 14.1. The Kier molecular flexibility index (Phi) is 4.55. The molecule has 0 amide bonds. The van der Waals surface area contributed by atoms with Crippen LogP contribution in [-0.4, -0.2) is 18.7 Å². The lowest BCUT2D eigenvalue weighted by Crippen LogP contribution is -2.63. The summed E-state index contributed by atoms with van der Waals surface area (Å²) in [6.45, 7) is 3.29. The van der Waals surface area contributed by atoms with Gasteiger partial charge in [-0.15, -0.1) is 0 Å². The SMILES string of the molecule is CCCNC1CC(Oc2ccc(F)c(Br)c2)C12CCCC2. The molecule has 2 unspecified atom stereocenters. The first kappa shape index (κ1) is 15.3. The van der Waals surface area contributed by atoms with Crippen LogP contribution in [0.25, 0.3) is 0 Å². The Labute approximate surface area is 134 Å². The van der Waals surface area contributed by atoms with E-state index < -0.39 is 0 Å². The van der Waals surface area contributed by atoms with Crippen LogP contribution >= 0.6 is 15.9 Å². The molecule has 1 N–H and O–H groups in total. The molecule has 2 aliphatic carbocycles. The smallest absolute Gasteiger partial charge is 0.137 e. The zero-order valence-electron chi connectivity index (χ0n) is 12.5. The van der Waals surface area contributed by atoms with Crippen LogP contribution in [0.4, 0.5) is 4.39 Å². The van der Waals surface area contributed by atoms with Crippen molar-refractivity contribution in [2.24, 2.45) is 5.41 Å². The van der Waals surface area contributed by atoms with Gasteiger partial charge < -0.3 is 10.1 Å². The van der Waals surface area contributed by atoms with Crippen LogP contribution in [0.15, 0.2) is 22.7 Å². The van der Waals surface area contributed by atoms with Crippen molar-refractivity contribution in [1.82, 2.24) is 5.32 Å². The van der Waals surface area contributed by atoms with Crippen molar-refractivity contribution < 1.29 is 9.13 Å². The number of benzene rings is 1. The quantitative estimate of drug-likeness (QED) is 0.828. The van der Waals surface area contributed by atoms with E-state index in [1.807, 2.05) is 0 Å². The molecule has 4 heteroatoms. The van der Waals surface area contributed by atoms with Crippen molar-refractivity contribution in [3.8, 4) is 5.75 Å². The lowest BCUT2D eigenvalue weighted by molar-refractivity contribution is -0.0760. The first-order valence-corrected chi connectivity index (χ1v) is 8.80. The minimum absolute atomic E-state index is 0.242. The van der Waals surface area contributed by atoms with Gasteiger partial charge in [-0.1, -0.05) is 19.8 Å². The number of ether oxygens (including phenoxy) is 1. The standard InChI is InChI=1S/C17H23BrFNO/c1-2-9-20-15-11-16(17(15)7-3-4-8-17)21-12-5-6-14(19)13(18)10-12/h5-6,10,15-16,20H,2-4,7-9,11H2,1H3. The van der Waals surface area contributed by atoms with Gasteiger partial charge in [-0.05, 0) is 59.9 Å². The maximum Gasteiger partial charge on any atom is 0.137 e. The van der Waals surface area contributed by atoms with Crippen molar-refractivity contribution in [3.63, 3.8) is 0 Å². The molecule has 2 aliphatic rings. The zero-order chi connectivity index (χ0) is 14.9. The molecule has 2 nitrogen and oxygen atoms in total. The Morgan fingerprint density at radius 3 is 2.81 bits per heavy atom. The minimum Gasteiger partial charge on any atom is -0.490 e. The molecule has 2 fully saturated rings. The predicted octanol–water partition coefficient (Wildman–Crippen LogP) is 4.67. The van der Waals surface area contributed by atoms with E-state index in [2.05, 4.69) is 28.2 Å². The highest BCUT2D eigenvalue weighted by Gasteiger charge is 2.57. The molecule has 0 aliphatic heterocycles. The highest BCUT2D eigenvalue weighted by atomic mass is 79.9. The van der Waals surface area contributed by atoms with Gasteiger partial charge in [0.15, 0.2) is 0 Å². The van der Waals surface area contributed by atoms with Crippen LogP contribution in [0.2, 0.25) is 0 Å². The molecule has 0 bridgehead atoms. The van der Waals surface area contributed by atoms with Crippen LogP contribution in [-0.2, 0) is 0 Å². The van der Waals surface area contributed by atoms with Gasteiger partial charge in [-0.25, -0.2) is 4.39 Å². The third kappa shape index (κ3) is 2.85. The molecule has 21 heavy (non-hydrogen) atoms. The van der Waals surface area contributed by atoms with Crippen molar-refractivity contribution in [3.05, 3.63) is 28.5 Å². The van der Waals surface area contributed by atoms with Gasteiger partial charge in [0.05, 0.1) is 4.47 Å². The van der Waals surface area contributed by atoms with E-state index in [1.165, 1.54) is 38.2 Å². The van der Waals surface area contributed by atoms with Crippen LogP contribution in [0.1, 0.15) is 45.4 Å². The van der Waals surface area contributed by atoms with Gasteiger partial charge in [0.25, 0.3) is 0 Å². The van der Waals surface area contributed by atoms with Gasteiger partial charge in [-0.2, -0.15) is 0 Å². The van der Waals surface area contributed by atoms with E-state index in [0.29, 0.717) is 15.9 Å². The molecule has 0 radical (unpaired) electrons. The maximum atomic E-state index is 13.3. The largest absolute Gasteiger partial charge is 0.490 e. The molecule has 0 heterocycles. The molecule has 2 saturated carbocycles. The molecular weight excluding hydrogens is 333 g/mol. The van der Waals surface area contributed by atoms with Crippen molar-refractivity contribution >= 4 is 15.9 Å². The Morgan fingerprint density at radius 1 is 1.38 bits per heavy atom. The summed E-state index contributed by atoms with van der Waals surface area (Å²) in [4.78, 5) is 0. The normalized spacial score (nSPS) is 26.8. The third-order valence-electron chi connectivity index (χ3n) is 5.13. The molecule has 0 saturated heterocycles. The van der Waals surface area contributed by atoms with E-state index in [0.717, 1.165) is 18.7 Å². The first-order valence-electron chi connectivity index (χ1n) is 8.01. The summed E-state index contributed by atoms with van der Waals surface area (Å²) in [5.74, 6) is 0.530. The lowest BCUT2D eigenvalue weighted by Gasteiger charge is -2.54. The van der Waals surface area contributed by atoms with E-state index >= 15 is 0 Å². The van der Waals surface area contributed by atoms with Gasteiger partial charge >= 0.3 is 0 Å². The second-order valence-electron chi connectivity index (χ2n) is 6.37. The van der Waals surface area contributed by atoms with E-state index in [9.17, 15) is 4.39 Å². The summed E-state index contributed by atoms with van der Waals surface area (Å²) in [6, 6.07) is 5.53. The Hall–Kier alpha value is -0.610. The number of halogens is 2. The molecule has 1 aromatic carbocycles. The summed E-state index contributed by atoms with van der Waals surface area (Å²) in [5, 5.41) is 3.69. The fraction of sp³-hybridized carbons (Fsp3) is 0.647. The average Bonchev–Trinajstić information content (AvgIpc) is 2.98. The van der Waals surface area contributed by atoms with Crippen molar-refractivity contribution in [1.29, 1.82) is 0 Å². The fourth-order valence-corrected chi connectivity index (χ4v) is 4.29. The predicted molar refractivity (Wildman–Crippen MR) is 86.1 cm³/mol. The number of hydrogen-bond donors (Lipinski definition) is 1. The summed E-state index contributed by atoms with van der Waals surface area (Å²) < 4.78 is 20.0. The summed E-state index contributed by atoms with van der Waals surface area (Å²) in [6.07, 6.45) is 7.61. The average molecular weight is 356 g/mol. The van der Waals surface area contributed by atoms with E-state index in [4.69, 9.17) is 4.74 Å². The number of rotatable bonds is 5. The fourth-order valence-electron chi connectivity index (χ4n) is 3.94. The molecular formula is C17H23BrFNO. The second-order valence-corrected chi connectivity index (χ2v) is 7.22. The van der Waals surface area contributed by atoms with Gasteiger partial charge in [0, 0.05) is 17.9 Å². The van der Waals surface area contributed by atoms with E-state index in [-0.39, 0.29) is 11.9 Å². The molecule has 0 aromatic heterocycles. The Bertz CT molecular complexity index is 502. The summed E-state index contributed by atoms with van der Waals surface area (Å²) in [7, 11) is 0. The van der Waals surface area contributed by atoms with Crippen molar-refractivity contribution in [2.45, 2.75) is 57.6 Å². The topological polar surface area (TPSA) is 21.3 Å². The van der Waals surface area contributed by atoms with Crippen LogP contribution in [0.3, 0.4) is 0 Å². The number of nitrogens with one attached hydrogen (secondary N) is 1. The molecule has 1 aromatic rings. The second kappa shape index (κ2) is 6.25. The van der Waals surface area contributed by atoms with Crippen LogP contribution in [0, 0.1) is 11.2 Å². The highest BCUT2D eigenvalue weighted by molar-refractivity contribution is 9.10. The minimum atomic E-state index is -0.242. The Balaban J connectivity index is 1.69. The van der Waals surface area contributed by atoms with Gasteiger partial charge in [0.2, 0.25) is 0 Å².